The maximum atomic E-state index is 15.2. The molecule has 8 rings (SSSR count). The molecule has 4 nitrogen and oxygen atoms in total. The van der Waals surface area contributed by atoms with E-state index < -0.39 is 14.3 Å². The molecule has 0 saturated heterocycles. The molecule has 0 N–H and O–H groups in total. The van der Waals surface area contributed by atoms with Crippen molar-refractivity contribution in [1.82, 2.24) is 9.55 Å². The molecule has 0 fully saturated rings. The Labute approximate surface area is 250 Å². The quantitative estimate of drug-likeness (QED) is 0.221. The molecule has 1 aliphatic rings. The van der Waals surface area contributed by atoms with Gasteiger partial charge in [0.25, 0.3) is 0 Å². The van der Waals surface area contributed by atoms with Crippen molar-refractivity contribution in [2.75, 3.05) is 0 Å². The van der Waals surface area contributed by atoms with E-state index in [4.69, 9.17) is 4.98 Å². The van der Waals surface area contributed by atoms with Crippen LogP contribution in [0.1, 0.15) is 0 Å². The van der Waals surface area contributed by atoms with Gasteiger partial charge in [0.2, 0.25) is 0 Å². The molecule has 0 aliphatic carbocycles. The largest absolute Gasteiger partial charge is 0.309 e. The summed E-state index contributed by atoms with van der Waals surface area (Å²) in [5.74, 6) is 0.759. The summed E-state index contributed by atoms with van der Waals surface area (Å²) in [5.41, 5.74) is 3.42. The van der Waals surface area contributed by atoms with Crippen LogP contribution in [0.25, 0.3) is 28.1 Å². The second kappa shape index (κ2) is 9.92. The number of imidazole rings is 1. The van der Waals surface area contributed by atoms with Gasteiger partial charge < -0.3 is 9.13 Å². The minimum atomic E-state index is -3.14. The molecule has 6 aromatic carbocycles. The summed E-state index contributed by atoms with van der Waals surface area (Å²) in [6, 6.07) is 50.9. The van der Waals surface area contributed by atoms with Gasteiger partial charge in [-0.25, -0.2) is 4.98 Å². The lowest BCUT2D eigenvalue weighted by atomic mass is 10.2. The lowest BCUT2D eigenvalue weighted by molar-refractivity contribution is 0.591. The summed E-state index contributed by atoms with van der Waals surface area (Å²) in [4.78, 5) is 5.09. The predicted octanol–water partition coefficient (Wildman–Crippen LogP) is 6.28. The maximum absolute atomic E-state index is 15.2. The van der Waals surface area contributed by atoms with Gasteiger partial charge in [-0.1, -0.05) is 133 Å². The summed E-state index contributed by atoms with van der Waals surface area (Å²) < 4.78 is 32.2. The van der Waals surface area contributed by atoms with Crippen molar-refractivity contribution in [3.05, 3.63) is 158 Å². The molecule has 0 bridgehead atoms. The third-order valence-electron chi connectivity index (χ3n) is 8.30. The van der Waals surface area contributed by atoms with Crippen LogP contribution in [0.3, 0.4) is 0 Å². The number of benzene rings is 6. The Hall–Kier alpha value is -4.75. The number of fused-ring (bicyclic) bond motifs is 2. The highest BCUT2D eigenvalue weighted by Gasteiger charge is 2.39. The van der Waals surface area contributed by atoms with Gasteiger partial charge >= 0.3 is 0 Å². The highest BCUT2D eigenvalue weighted by atomic mass is 31.2. The first-order chi connectivity index (χ1) is 21.1. The summed E-state index contributed by atoms with van der Waals surface area (Å²) in [5, 5.41) is 4.76. The molecule has 0 amide bonds. The molecule has 0 radical (unpaired) electrons. The van der Waals surface area contributed by atoms with Crippen LogP contribution in [-0.4, -0.2) is 9.55 Å². The summed E-state index contributed by atoms with van der Waals surface area (Å²) in [6.45, 7) is 0. The van der Waals surface area contributed by atoms with E-state index in [2.05, 4.69) is 4.57 Å². The van der Waals surface area contributed by atoms with Gasteiger partial charge in [0.15, 0.2) is 14.3 Å². The first-order valence-electron chi connectivity index (χ1n) is 14.2. The first-order valence-corrected chi connectivity index (χ1v) is 17.6. The second-order valence-corrected chi connectivity index (χ2v) is 16.1. The van der Waals surface area contributed by atoms with E-state index in [0.29, 0.717) is 0 Å². The van der Waals surface area contributed by atoms with Crippen LogP contribution in [-0.2, 0) is 9.13 Å². The summed E-state index contributed by atoms with van der Waals surface area (Å²) in [7, 11) is -6.24. The van der Waals surface area contributed by atoms with E-state index in [-0.39, 0.29) is 0 Å². The van der Waals surface area contributed by atoms with Gasteiger partial charge in [0.1, 0.15) is 5.82 Å². The first kappa shape index (κ1) is 25.9. The molecule has 1 aliphatic heterocycles. The number of aromatic nitrogens is 2. The highest BCUT2D eigenvalue weighted by molar-refractivity contribution is 7.86. The molecule has 206 valence electrons. The molecule has 1 unspecified atom stereocenters. The van der Waals surface area contributed by atoms with Crippen molar-refractivity contribution in [3.8, 4) is 17.1 Å². The Morgan fingerprint density at radius 3 is 1.72 bits per heavy atom. The van der Waals surface area contributed by atoms with E-state index in [0.717, 1.165) is 59.9 Å². The van der Waals surface area contributed by atoms with Crippen LogP contribution >= 0.6 is 14.3 Å². The second-order valence-electron chi connectivity index (χ2n) is 10.7. The Morgan fingerprint density at radius 2 is 1.07 bits per heavy atom. The van der Waals surface area contributed by atoms with E-state index in [1.807, 2.05) is 158 Å². The van der Waals surface area contributed by atoms with Crippen LogP contribution in [0.2, 0.25) is 0 Å². The molecule has 6 heteroatoms. The minimum absolute atomic E-state index is 0.759. The predicted molar refractivity (Wildman–Crippen MR) is 179 cm³/mol. The van der Waals surface area contributed by atoms with Gasteiger partial charge in [0.05, 0.1) is 16.7 Å². The zero-order valence-electron chi connectivity index (χ0n) is 23.1. The fourth-order valence-electron chi connectivity index (χ4n) is 6.30. The molecule has 1 aromatic heterocycles. The summed E-state index contributed by atoms with van der Waals surface area (Å²) >= 11 is 0. The van der Waals surface area contributed by atoms with E-state index in [1.54, 1.807) is 0 Å². The van der Waals surface area contributed by atoms with Gasteiger partial charge in [-0.15, -0.1) is 0 Å². The average Bonchev–Trinajstić information content (AvgIpc) is 3.48. The average molecular weight is 593 g/mol. The molecular formula is C37H26N2O2P2. The Balaban J connectivity index is 1.34. The van der Waals surface area contributed by atoms with Gasteiger partial charge in [-0.2, -0.15) is 0 Å². The smallest absolute Gasteiger partial charge is 0.175 e. The Morgan fingerprint density at radius 1 is 0.535 bits per heavy atom. The van der Waals surface area contributed by atoms with Crippen molar-refractivity contribution in [1.29, 1.82) is 0 Å². The van der Waals surface area contributed by atoms with Crippen molar-refractivity contribution >= 4 is 57.1 Å². The molecule has 7 aromatic rings. The number of rotatable bonds is 5. The fourth-order valence-corrected chi connectivity index (χ4v) is 12.0. The number of nitrogens with zero attached hydrogens (tertiary/aromatic N) is 2. The van der Waals surface area contributed by atoms with E-state index >= 15 is 4.57 Å². The Bertz CT molecular complexity index is 2180. The molecule has 0 saturated carbocycles. The third kappa shape index (κ3) is 3.81. The lowest BCUT2D eigenvalue weighted by Crippen LogP contribution is -2.32. The number of hydrogen-bond donors (Lipinski definition) is 0. The molecular weight excluding hydrogens is 566 g/mol. The SMILES string of the molecule is O=P(c1ccccc1)(c1ccccc1)c1ccc(-c2nc3cccc4c3n2-c2ccccc2P4(=O)c2ccccc2)cc1. The van der Waals surface area contributed by atoms with Crippen LogP contribution in [0, 0.1) is 0 Å². The van der Waals surface area contributed by atoms with Crippen LogP contribution in [0.15, 0.2) is 158 Å². The van der Waals surface area contributed by atoms with Gasteiger partial charge in [-0.3, -0.25) is 4.57 Å². The fraction of sp³-hybridized carbons (Fsp3) is 0. The monoisotopic (exact) mass is 592 g/mol. The van der Waals surface area contributed by atoms with Crippen LogP contribution in [0.5, 0.6) is 0 Å². The van der Waals surface area contributed by atoms with E-state index in [1.165, 1.54) is 0 Å². The minimum Gasteiger partial charge on any atom is -0.309 e. The standard InChI is InChI=1S/C37H26N2O2P2/c40-42(28-13-4-1-5-14-28,29-15-6-2-7-16-29)31-25-23-27(24-26-31)37-38-32-19-12-22-35-36(32)39(37)33-20-10-11-21-34(33)43(35,41)30-17-8-3-9-18-30/h1-26H. The van der Waals surface area contributed by atoms with Crippen LogP contribution in [0.4, 0.5) is 0 Å². The van der Waals surface area contributed by atoms with Crippen molar-refractivity contribution in [2.45, 2.75) is 0 Å². The molecule has 0 spiro atoms. The normalized spacial score (nSPS) is 15.7. The molecule has 2 heterocycles. The van der Waals surface area contributed by atoms with Gasteiger partial charge in [0, 0.05) is 37.4 Å². The maximum Gasteiger partial charge on any atom is 0.175 e. The van der Waals surface area contributed by atoms with Crippen molar-refractivity contribution in [2.24, 2.45) is 0 Å². The molecule has 1 atom stereocenters. The van der Waals surface area contributed by atoms with Crippen molar-refractivity contribution < 1.29 is 9.13 Å². The zero-order valence-corrected chi connectivity index (χ0v) is 24.9. The van der Waals surface area contributed by atoms with Crippen LogP contribution < -0.4 is 31.8 Å². The van der Waals surface area contributed by atoms with E-state index in [9.17, 15) is 4.57 Å². The zero-order chi connectivity index (χ0) is 29.0. The Kier molecular flexibility index (Phi) is 5.98. The lowest BCUT2D eigenvalue weighted by Gasteiger charge is -2.29. The number of hydrogen-bond acceptors (Lipinski definition) is 3. The summed E-state index contributed by atoms with van der Waals surface area (Å²) in [6.07, 6.45) is 0. The highest BCUT2D eigenvalue weighted by Crippen LogP contribution is 2.50. The van der Waals surface area contributed by atoms with Crippen molar-refractivity contribution in [3.63, 3.8) is 0 Å². The topological polar surface area (TPSA) is 52.0 Å². The number of para-hydroxylation sites is 2. The molecule has 43 heavy (non-hydrogen) atoms. The third-order valence-corrected chi connectivity index (χ3v) is 14.5. The van der Waals surface area contributed by atoms with Gasteiger partial charge in [-0.05, 0) is 24.3 Å².